The van der Waals surface area contributed by atoms with Crippen LogP contribution >= 0.6 is 11.3 Å². The van der Waals surface area contributed by atoms with Gasteiger partial charge in [-0.05, 0) is 55.4 Å². The predicted octanol–water partition coefficient (Wildman–Crippen LogP) is 4.77. The van der Waals surface area contributed by atoms with Crippen molar-refractivity contribution in [3.63, 3.8) is 0 Å². The van der Waals surface area contributed by atoms with Gasteiger partial charge >= 0.3 is 5.97 Å². The lowest BCUT2D eigenvalue weighted by Crippen LogP contribution is -2.38. The Balaban J connectivity index is 1.46. The van der Waals surface area contributed by atoms with Crippen molar-refractivity contribution in [3.8, 4) is 0 Å². The van der Waals surface area contributed by atoms with Crippen LogP contribution in [0, 0.1) is 12.8 Å². The standard InChI is InChI=1S/C28H26N2O5S/c1-16-10-6-8-14-19(16)30-23(17-11-4-3-5-12-17)22-24(35-30)26(32)29(25(22)31)27-21(28(33)34-2)18-13-7-9-15-20(18)36-27/h3-6,8,10-12,14,22-24H,7,9,13,15H2,1-2H3/t22-,23+,24-/m1/s1. The summed E-state index contributed by atoms with van der Waals surface area (Å²) in [4.78, 5) is 49.3. The number of fused-ring (bicyclic) bond motifs is 2. The molecule has 3 aromatic rings. The number of benzene rings is 2. The molecule has 36 heavy (non-hydrogen) atoms. The number of imide groups is 1. The molecule has 8 heteroatoms. The number of hydrogen-bond acceptors (Lipinski definition) is 7. The average molecular weight is 503 g/mol. The van der Waals surface area contributed by atoms with Gasteiger partial charge in [-0.2, -0.15) is 0 Å². The van der Waals surface area contributed by atoms with E-state index in [1.54, 1.807) is 5.06 Å². The van der Waals surface area contributed by atoms with E-state index in [1.807, 2.05) is 61.5 Å². The number of carbonyl (C=O) groups is 3. The molecule has 0 radical (unpaired) electrons. The van der Waals surface area contributed by atoms with E-state index in [1.165, 1.54) is 23.3 Å². The Labute approximate surface area is 213 Å². The molecule has 2 fully saturated rings. The number of anilines is 2. The molecule has 3 heterocycles. The molecule has 7 nitrogen and oxygen atoms in total. The summed E-state index contributed by atoms with van der Waals surface area (Å²) in [6.45, 7) is 1.98. The molecule has 2 amide bonds. The molecule has 184 valence electrons. The maximum atomic E-state index is 14.1. The fourth-order valence-corrected chi connectivity index (χ4v) is 7.03. The number of carbonyl (C=O) groups excluding carboxylic acids is 3. The summed E-state index contributed by atoms with van der Waals surface area (Å²) in [5.74, 6) is -2.04. The quantitative estimate of drug-likeness (QED) is 0.378. The third-order valence-corrected chi connectivity index (χ3v) is 8.63. The first-order chi connectivity index (χ1) is 17.5. The molecule has 3 aliphatic rings. The lowest BCUT2D eigenvalue weighted by molar-refractivity contribution is -0.126. The van der Waals surface area contributed by atoms with Gasteiger partial charge in [-0.15, -0.1) is 11.3 Å². The summed E-state index contributed by atoms with van der Waals surface area (Å²) in [6, 6.07) is 16.9. The molecule has 2 aromatic carbocycles. The van der Waals surface area contributed by atoms with E-state index in [-0.39, 0.29) is 5.91 Å². The normalized spacial score (nSPS) is 23.1. The van der Waals surface area contributed by atoms with Crippen molar-refractivity contribution < 1.29 is 24.0 Å². The highest BCUT2D eigenvalue weighted by Crippen LogP contribution is 2.50. The lowest BCUT2D eigenvalue weighted by Gasteiger charge is -2.29. The Hall–Kier alpha value is -3.49. The van der Waals surface area contributed by atoms with Crippen LogP contribution in [0.5, 0.6) is 0 Å². The largest absolute Gasteiger partial charge is 0.465 e. The fourth-order valence-electron chi connectivity index (χ4n) is 5.65. The summed E-state index contributed by atoms with van der Waals surface area (Å²) in [6.07, 6.45) is 2.57. The topological polar surface area (TPSA) is 76.2 Å². The van der Waals surface area contributed by atoms with Crippen LogP contribution in [0.1, 0.15) is 50.8 Å². The summed E-state index contributed by atoms with van der Waals surface area (Å²) >= 11 is 1.36. The van der Waals surface area contributed by atoms with Gasteiger partial charge in [-0.25, -0.2) is 14.8 Å². The van der Waals surface area contributed by atoms with E-state index in [0.717, 1.165) is 52.9 Å². The first-order valence-electron chi connectivity index (χ1n) is 12.2. The van der Waals surface area contributed by atoms with Crippen LogP contribution in [0.25, 0.3) is 0 Å². The van der Waals surface area contributed by atoms with Crippen LogP contribution in [-0.2, 0) is 32.0 Å². The van der Waals surface area contributed by atoms with Crippen molar-refractivity contribution in [2.45, 2.75) is 44.8 Å². The zero-order valence-electron chi connectivity index (χ0n) is 20.1. The van der Waals surface area contributed by atoms with Crippen molar-refractivity contribution >= 4 is 39.8 Å². The molecule has 1 aliphatic carbocycles. The first kappa shape index (κ1) is 22.9. The van der Waals surface area contributed by atoms with Crippen LogP contribution in [0.15, 0.2) is 54.6 Å². The van der Waals surface area contributed by atoms with E-state index < -0.39 is 29.9 Å². The van der Waals surface area contributed by atoms with Gasteiger partial charge in [0.15, 0.2) is 6.10 Å². The lowest BCUT2D eigenvalue weighted by atomic mass is 9.90. The number of amides is 2. The van der Waals surface area contributed by atoms with Gasteiger partial charge in [-0.3, -0.25) is 14.4 Å². The zero-order valence-corrected chi connectivity index (χ0v) is 20.9. The van der Waals surface area contributed by atoms with E-state index in [2.05, 4.69) is 0 Å². The number of ether oxygens (including phenoxy) is 1. The maximum Gasteiger partial charge on any atom is 0.341 e. The van der Waals surface area contributed by atoms with E-state index >= 15 is 0 Å². The van der Waals surface area contributed by atoms with Crippen LogP contribution in [0.3, 0.4) is 0 Å². The zero-order chi connectivity index (χ0) is 25.0. The van der Waals surface area contributed by atoms with E-state index in [9.17, 15) is 14.4 Å². The number of hydroxylamine groups is 1. The molecular weight excluding hydrogens is 476 g/mol. The van der Waals surface area contributed by atoms with Crippen LogP contribution < -0.4 is 9.96 Å². The molecule has 1 aromatic heterocycles. The minimum atomic E-state index is -0.980. The number of nitrogens with zero attached hydrogens (tertiary/aromatic N) is 2. The Morgan fingerprint density at radius 3 is 2.47 bits per heavy atom. The molecule has 6 rings (SSSR count). The van der Waals surface area contributed by atoms with Gasteiger partial charge in [0.2, 0.25) is 5.91 Å². The molecular formula is C28H26N2O5S. The van der Waals surface area contributed by atoms with Gasteiger partial charge < -0.3 is 4.74 Å². The van der Waals surface area contributed by atoms with Crippen LogP contribution in [-0.4, -0.2) is 31.0 Å². The summed E-state index contributed by atoms with van der Waals surface area (Å²) in [5, 5.41) is 2.09. The van der Waals surface area contributed by atoms with Gasteiger partial charge in [0, 0.05) is 4.88 Å². The monoisotopic (exact) mass is 502 g/mol. The molecule has 0 saturated carbocycles. The second-order valence-corrected chi connectivity index (χ2v) is 10.5. The van der Waals surface area contributed by atoms with Gasteiger partial charge in [-0.1, -0.05) is 48.5 Å². The van der Waals surface area contributed by atoms with Crippen molar-refractivity contribution in [1.82, 2.24) is 0 Å². The molecule has 0 N–H and O–H groups in total. The predicted molar refractivity (Wildman–Crippen MR) is 136 cm³/mol. The molecule has 3 atom stereocenters. The minimum Gasteiger partial charge on any atom is -0.465 e. The van der Waals surface area contributed by atoms with Crippen molar-refractivity contribution in [2.24, 2.45) is 5.92 Å². The third-order valence-electron chi connectivity index (χ3n) is 7.35. The SMILES string of the molecule is COC(=O)c1c(N2C(=O)[C@H]3[C@@H](ON(c4ccccc4C)[C@H]3c3ccccc3)C2=O)sc2c1CCCC2. The highest BCUT2D eigenvalue weighted by atomic mass is 32.1. The van der Waals surface area contributed by atoms with Crippen LogP contribution in [0.2, 0.25) is 0 Å². The number of thiophene rings is 1. The number of methoxy groups -OCH3 is 1. The van der Waals surface area contributed by atoms with E-state index in [0.29, 0.717) is 10.6 Å². The number of rotatable bonds is 4. The number of para-hydroxylation sites is 1. The van der Waals surface area contributed by atoms with Crippen molar-refractivity contribution in [1.29, 1.82) is 0 Å². The van der Waals surface area contributed by atoms with Crippen LogP contribution in [0.4, 0.5) is 10.7 Å². The van der Waals surface area contributed by atoms with Gasteiger partial charge in [0.1, 0.15) is 10.9 Å². The number of aryl methyl sites for hydroxylation is 2. The Kier molecular flexibility index (Phi) is 5.65. The molecule has 0 bridgehead atoms. The summed E-state index contributed by atoms with van der Waals surface area (Å²) in [5.41, 5.74) is 3.94. The van der Waals surface area contributed by atoms with E-state index in [4.69, 9.17) is 9.57 Å². The Morgan fingerprint density at radius 1 is 1.00 bits per heavy atom. The second kappa shape index (κ2) is 8.87. The molecule has 0 unspecified atom stereocenters. The molecule has 2 aliphatic heterocycles. The smallest absolute Gasteiger partial charge is 0.341 e. The van der Waals surface area contributed by atoms with Gasteiger partial charge in [0.25, 0.3) is 5.91 Å². The maximum absolute atomic E-state index is 14.1. The molecule has 0 spiro atoms. The number of esters is 1. The highest BCUT2D eigenvalue weighted by molar-refractivity contribution is 7.17. The Bertz CT molecular complexity index is 1370. The second-order valence-electron chi connectivity index (χ2n) is 9.41. The third kappa shape index (κ3) is 3.39. The van der Waals surface area contributed by atoms with Gasteiger partial charge in [0.05, 0.1) is 24.4 Å². The first-order valence-corrected chi connectivity index (χ1v) is 13.0. The fraction of sp³-hybridized carbons (Fsp3) is 0.321. The Morgan fingerprint density at radius 2 is 1.72 bits per heavy atom. The van der Waals surface area contributed by atoms with Crippen molar-refractivity contribution in [3.05, 3.63) is 81.7 Å². The molecule has 2 saturated heterocycles. The van der Waals surface area contributed by atoms with Crippen molar-refractivity contribution in [2.75, 3.05) is 17.1 Å². The summed E-state index contributed by atoms with van der Waals surface area (Å²) in [7, 11) is 1.33. The number of hydrogen-bond donors (Lipinski definition) is 0. The average Bonchev–Trinajstić information content (AvgIpc) is 3.54. The minimum absolute atomic E-state index is 0.348. The summed E-state index contributed by atoms with van der Waals surface area (Å²) < 4.78 is 5.08. The highest BCUT2D eigenvalue weighted by Gasteiger charge is 2.61.